The lowest BCUT2D eigenvalue weighted by Gasteiger charge is -2.13. The normalized spacial score (nSPS) is 10.5. The summed E-state index contributed by atoms with van der Waals surface area (Å²) in [4.78, 5) is 0. The second-order valence-electron chi connectivity index (χ2n) is 5.00. The minimum Gasteiger partial charge on any atom is -0.457 e. The number of rotatable bonds is 4. The monoisotopic (exact) mass is 255 g/mol. The predicted molar refractivity (Wildman–Crippen MR) is 79.9 cm³/mol. The van der Waals surface area contributed by atoms with E-state index in [-0.39, 0.29) is 0 Å². The van der Waals surface area contributed by atoms with Crippen LogP contribution in [0, 0.1) is 20.8 Å². The van der Waals surface area contributed by atoms with Crippen LogP contribution >= 0.6 is 0 Å². The average Bonchev–Trinajstić information content (AvgIpc) is 2.37. The van der Waals surface area contributed by atoms with Gasteiger partial charge in [-0.15, -0.1) is 0 Å². The van der Waals surface area contributed by atoms with Crippen molar-refractivity contribution in [3.05, 3.63) is 58.7 Å². The molecule has 2 aromatic rings. The first-order chi connectivity index (χ1) is 9.10. The lowest BCUT2D eigenvalue weighted by molar-refractivity contribution is 0.474. The zero-order valence-corrected chi connectivity index (χ0v) is 12.1. The molecule has 0 saturated carbocycles. The van der Waals surface area contributed by atoms with E-state index < -0.39 is 0 Å². The van der Waals surface area contributed by atoms with Crippen LogP contribution in [0.5, 0.6) is 11.5 Å². The number of hydrogen-bond acceptors (Lipinski definition) is 2. The van der Waals surface area contributed by atoms with E-state index in [2.05, 4.69) is 56.4 Å². The fraction of sp³-hybridized carbons (Fsp3) is 0.294. The molecule has 100 valence electrons. The molecular weight excluding hydrogens is 234 g/mol. The molecule has 0 atom stereocenters. The number of benzene rings is 2. The van der Waals surface area contributed by atoms with Gasteiger partial charge in [0.15, 0.2) is 0 Å². The molecule has 0 aromatic heterocycles. The van der Waals surface area contributed by atoms with Crippen molar-refractivity contribution in [2.24, 2.45) is 0 Å². The highest BCUT2D eigenvalue weighted by Crippen LogP contribution is 2.29. The van der Waals surface area contributed by atoms with Gasteiger partial charge in [-0.2, -0.15) is 0 Å². The maximum absolute atomic E-state index is 6.05. The molecule has 0 radical (unpaired) electrons. The molecule has 1 N–H and O–H groups in total. The van der Waals surface area contributed by atoms with Crippen LogP contribution in [0.15, 0.2) is 36.4 Å². The number of aryl methyl sites for hydroxylation is 3. The van der Waals surface area contributed by atoms with Crippen LogP contribution in [-0.4, -0.2) is 7.05 Å². The van der Waals surface area contributed by atoms with E-state index in [1.54, 1.807) is 0 Å². The first-order valence-electron chi connectivity index (χ1n) is 6.59. The Labute approximate surface area is 115 Å². The van der Waals surface area contributed by atoms with Gasteiger partial charge in [-0.3, -0.25) is 0 Å². The van der Waals surface area contributed by atoms with E-state index in [9.17, 15) is 0 Å². The van der Waals surface area contributed by atoms with Gasteiger partial charge in [-0.05, 0) is 56.6 Å². The molecule has 0 aliphatic carbocycles. The Hall–Kier alpha value is -1.80. The minimum absolute atomic E-state index is 0.851. The van der Waals surface area contributed by atoms with Crippen LogP contribution < -0.4 is 10.1 Å². The summed E-state index contributed by atoms with van der Waals surface area (Å²) in [5.41, 5.74) is 4.80. The molecule has 0 heterocycles. The van der Waals surface area contributed by atoms with Crippen LogP contribution in [0.25, 0.3) is 0 Å². The summed E-state index contributed by atoms with van der Waals surface area (Å²) in [6, 6.07) is 12.6. The molecule has 0 aliphatic rings. The van der Waals surface area contributed by atoms with E-state index in [1.165, 1.54) is 16.7 Å². The molecule has 0 unspecified atom stereocenters. The van der Waals surface area contributed by atoms with E-state index in [0.29, 0.717) is 0 Å². The third-order valence-corrected chi connectivity index (χ3v) is 3.18. The Morgan fingerprint density at radius 2 is 1.68 bits per heavy atom. The Balaban J connectivity index is 2.29. The van der Waals surface area contributed by atoms with Gasteiger partial charge in [0.05, 0.1) is 0 Å². The molecule has 19 heavy (non-hydrogen) atoms. The largest absolute Gasteiger partial charge is 0.457 e. The predicted octanol–water partition coefficient (Wildman–Crippen LogP) is 4.12. The Morgan fingerprint density at radius 1 is 0.895 bits per heavy atom. The fourth-order valence-corrected chi connectivity index (χ4v) is 2.10. The Morgan fingerprint density at radius 3 is 2.37 bits per heavy atom. The molecule has 2 heteroatoms. The molecule has 0 aliphatic heterocycles. The quantitative estimate of drug-likeness (QED) is 0.887. The number of hydrogen-bond donors (Lipinski definition) is 1. The van der Waals surface area contributed by atoms with Gasteiger partial charge in [0.25, 0.3) is 0 Å². The van der Waals surface area contributed by atoms with Gasteiger partial charge in [0.1, 0.15) is 11.5 Å². The number of ether oxygens (including phenoxy) is 1. The van der Waals surface area contributed by atoms with Gasteiger partial charge in [-0.1, -0.05) is 29.8 Å². The maximum atomic E-state index is 6.05. The Kier molecular flexibility index (Phi) is 4.23. The van der Waals surface area contributed by atoms with E-state index in [0.717, 1.165) is 23.6 Å². The van der Waals surface area contributed by atoms with Gasteiger partial charge >= 0.3 is 0 Å². The standard InChI is InChI=1S/C17H21NO/c1-12-5-8-16(14(3)9-12)19-17-10-15(11-18-4)7-6-13(17)2/h5-10,18H,11H2,1-4H3. The van der Waals surface area contributed by atoms with Crippen molar-refractivity contribution in [3.63, 3.8) is 0 Å². The summed E-state index contributed by atoms with van der Waals surface area (Å²) in [5.74, 6) is 1.86. The van der Waals surface area contributed by atoms with Crippen molar-refractivity contribution in [2.45, 2.75) is 27.3 Å². The molecule has 0 amide bonds. The topological polar surface area (TPSA) is 21.3 Å². The van der Waals surface area contributed by atoms with Gasteiger partial charge < -0.3 is 10.1 Å². The molecular formula is C17H21NO. The smallest absolute Gasteiger partial charge is 0.130 e. The zero-order valence-electron chi connectivity index (χ0n) is 12.1. The summed E-state index contributed by atoms with van der Waals surface area (Å²) in [6.07, 6.45) is 0. The van der Waals surface area contributed by atoms with Crippen molar-refractivity contribution in [3.8, 4) is 11.5 Å². The highest BCUT2D eigenvalue weighted by atomic mass is 16.5. The van der Waals surface area contributed by atoms with Crippen molar-refractivity contribution < 1.29 is 4.74 Å². The minimum atomic E-state index is 0.851. The highest BCUT2D eigenvalue weighted by Gasteiger charge is 2.05. The van der Waals surface area contributed by atoms with Crippen molar-refractivity contribution >= 4 is 0 Å². The van der Waals surface area contributed by atoms with Crippen LogP contribution in [0.2, 0.25) is 0 Å². The second kappa shape index (κ2) is 5.89. The summed E-state index contributed by atoms with van der Waals surface area (Å²) in [7, 11) is 1.95. The summed E-state index contributed by atoms with van der Waals surface area (Å²) in [5, 5.41) is 3.16. The molecule has 2 nitrogen and oxygen atoms in total. The summed E-state index contributed by atoms with van der Waals surface area (Å²) in [6.45, 7) is 7.09. The van der Waals surface area contributed by atoms with Crippen LogP contribution in [0.1, 0.15) is 22.3 Å². The first kappa shape index (κ1) is 13.6. The SMILES string of the molecule is CNCc1ccc(C)c(Oc2ccc(C)cc2C)c1. The van der Waals surface area contributed by atoms with Gasteiger partial charge in [0.2, 0.25) is 0 Å². The molecule has 0 saturated heterocycles. The summed E-state index contributed by atoms with van der Waals surface area (Å²) >= 11 is 0. The number of nitrogens with one attached hydrogen (secondary N) is 1. The van der Waals surface area contributed by atoms with Crippen molar-refractivity contribution in [1.82, 2.24) is 5.32 Å². The van der Waals surface area contributed by atoms with E-state index in [4.69, 9.17) is 4.74 Å². The van der Waals surface area contributed by atoms with Crippen LogP contribution in [-0.2, 0) is 6.54 Å². The van der Waals surface area contributed by atoms with Crippen molar-refractivity contribution in [2.75, 3.05) is 7.05 Å². The average molecular weight is 255 g/mol. The Bertz CT molecular complexity index is 575. The highest BCUT2D eigenvalue weighted by molar-refractivity contribution is 5.43. The maximum Gasteiger partial charge on any atom is 0.130 e. The second-order valence-corrected chi connectivity index (χ2v) is 5.00. The van der Waals surface area contributed by atoms with Gasteiger partial charge in [0, 0.05) is 6.54 Å². The molecule has 2 aromatic carbocycles. The summed E-state index contributed by atoms with van der Waals surface area (Å²) < 4.78 is 6.05. The lowest BCUT2D eigenvalue weighted by atomic mass is 10.1. The van der Waals surface area contributed by atoms with Crippen LogP contribution in [0.4, 0.5) is 0 Å². The first-order valence-corrected chi connectivity index (χ1v) is 6.59. The van der Waals surface area contributed by atoms with E-state index in [1.807, 2.05) is 13.1 Å². The third kappa shape index (κ3) is 3.36. The zero-order chi connectivity index (χ0) is 13.8. The fourth-order valence-electron chi connectivity index (χ4n) is 2.10. The third-order valence-electron chi connectivity index (χ3n) is 3.18. The van der Waals surface area contributed by atoms with Crippen LogP contribution in [0.3, 0.4) is 0 Å². The molecule has 2 rings (SSSR count). The van der Waals surface area contributed by atoms with Crippen molar-refractivity contribution in [1.29, 1.82) is 0 Å². The lowest BCUT2D eigenvalue weighted by Crippen LogP contribution is -2.05. The molecule has 0 spiro atoms. The van der Waals surface area contributed by atoms with E-state index >= 15 is 0 Å². The molecule has 0 bridgehead atoms. The van der Waals surface area contributed by atoms with Gasteiger partial charge in [-0.25, -0.2) is 0 Å². The molecule has 0 fully saturated rings.